The van der Waals surface area contributed by atoms with Crippen LogP contribution in [0.1, 0.15) is 48.4 Å². The first kappa shape index (κ1) is 14.5. The van der Waals surface area contributed by atoms with Crippen molar-refractivity contribution in [3.8, 4) is 0 Å². The van der Waals surface area contributed by atoms with E-state index >= 15 is 0 Å². The number of hydrogen-bond donors (Lipinski definition) is 1. The number of aromatic nitrogens is 3. The molecule has 0 aliphatic heterocycles. The lowest BCUT2D eigenvalue weighted by atomic mass is 10.1. The Kier molecular flexibility index (Phi) is 4.06. The van der Waals surface area contributed by atoms with Crippen molar-refractivity contribution in [2.24, 2.45) is 7.05 Å². The molecular formula is C15H22N4O. The maximum absolute atomic E-state index is 12.3. The highest BCUT2D eigenvalue weighted by atomic mass is 16.1. The van der Waals surface area contributed by atoms with E-state index in [1.165, 1.54) is 0 Å². The average molecular weight is 274 g/mol. The summed E-state index contributed by atoms with van der Waals surface area (Å²) in [5.74, 6) is -0.0545. The van der Waals surface area contributed by atoms with E-state index in [4.69, 9.17) is 0 Å². The SMILES string of the molecule is CCCC(C)NC(=O)c1cc2c(C)nn(C)c2nc1C. The van der Waals surface area contributed by atoms with Gasteiger partial charge in [0, 0.05) is 18.5 Å². The summed E-state index contributed by atoms with van der Waals surface area (Å²) in [6.07, 6.45) is 2.03. The van der Waals surface area contributed by atoms with E-state index in [-0.39, 0.29) is 11.9 Å². The Balaban J connectivity index is 2.36. The molecule has 5 nitrogen and oxygen atoms in total. The molecule has 2 aromatic heterocycles. The van der Waals surface area contributed by atoms with Gasteiger partial charge in [-0.2, -0.15) is 5.10 Å². The van der Waals surface area contributed by atoms with Crippen LogP contribution in [0, 0.1) is 13.8 Å². The Morgan fingerprint density at radius 2 is 2.10 bits per heavy atom. The van der Waals surface area contributed by atoms with Crippen molar-refractivity contribution in [1.82, 2.24) is 20.1 Å². The minimum atomic E-state index is -0.0545. The van der Waals surface area contributed by atoms with E-state index in [0.29, 0.717) is 5.56 Å². The molecule has 0 radical (unpaired) electrons. The molecule has 2 heterocycles. The van der Waals surface area contributed by atoms with Crippen molar-refractivity contribution in [1.29, 1.82) is 0 Å². The fraction of sp³-hybridized carbons (Fsp3) is 0.533. The van der Waals surface area contributed by atoms with Crippen LogP contribution < -0.4 is 5.32 Å². The Hall–Kier alpha value is -1.91. The van der Waals surface area contributed by atoms with Crippen LogP contribution in [0.2, 0.25) is 0 Å². The number of nitrogens with zero attached hydrogens (tertiary/aromatic N) is 3. The third-order valence-electron chi connectivity index (χ3n) is 3.53. The molecule has 108 valence electrons. The predicted octanol–water partition coefficient (Wildman–Crippen LogP) is 2.50. The number of carbonyl (C=O) groups excluding carboxylic acids is 1. The first-order valence-electron chi connectivity index (χ1n) is 7.05. The molecule has 0 aromatic carbocycles. The molecule has 0 aliphatic carbocycles. The lowest BCUT2D eigenvalue weighted by Gasteiger charge is -2.13. The molecule has 2 rings (SSSR count). The second-order valence-electron chi connectivity index (χ2n) is 5.36. The van der Waals surface area contributed by atoms with E-state index in [1.54, 1.807) is 4.68 Å². The highest BCUT2D eigenvalue weighted by molar-refractivity contribution is 5.98. The minimum absolute atomic E-state index is 0.0545. The van der Waals surface area contributed by atoms with Crippen LogP contribution in [-0.2, 0) is 7.05 Å². The number of amides is 1. The summed E-state index contributed by atoms with van der Waals surface area (Å²) in [6.45, 7) is 7.93. The largest absolute Gasteiger partial charge is 0.350 e. The van der Waals surface area contributed by atoms with Crippen molar-refractivity contribution >= 4 is 16.9 Å². The Labute approximate surface area is 119 Å². The minimum Gasteiger partial charge on any atom is -0.350 e. The summed E-state index contributed by atoms with van der Waals surface area (Å²) in [4.78, 5) is 16.8. The van der Waals surface area contributed by atoms with Crippen LogP contribution in [0.4, 0.5) is 0 Å². The maximum atomic E-state index is 12.3. The van der Waals surface area contributed by atoms with E-state index in [2.05, 4.69) is 22.3 Å². The molecule has 1 amide bonds. The van der Waals surface area contributed by atoms with Crippen molar-refractivity contribution in [3.63, 3.8) is 0 Å². The lowest BCUT2D eigenvalue weighted by Crippen LogP contribution is -2.33. The number of pyridine rings is 1. The second-order valence-corrected chi connectivity index (χ2v) is 5.36. The number of rotatable bonds is 4. The monoisotopic (exact) mass is 274 g/mol. The topological polar surface area (TPSA) is 59.8 Å². The highest BCUT2D eigenvalue weighted by Crippen LogP contribution is 2.19. The van der Waals surface area contributed by atoms with Crippen molar-refractivity contribution in [2.45, 2.75) is 46.6 Å². The quantitative estimate of drug-likeness (QED) is 0.932. The molecule has 0 spiro atoms. The maximum Gasteiger partial charge on any atom is 0.253 e. The number of hydrogen-bond acceptors (Lipinski definition) is 3. The number of carbonyl (C=O) groups is 1. The summed E-state index contributed by atoms with van der Waals surface area (Å²) in [5.41, 5.74) is 3.09. The smallest absolute Gasteiger partial charge is 0.253 e. The van der Waals surface area contributed by atoms with Crippen LogP contribution in [-0.4, -0.2) is 26.7 Å². The summed E-state index contributed by atoms with van der Waals surface area (Å²) >= 11 is 0. The molecule has 0 saturated heterocycles. The van der Waals surface area contributed by atoms with Gasteiger partial charge in [0.05, 0.1) is 17.0 Å². The van der Waals surface area contributed by atoms with E-state index < -0.39 is 0 Å². The first-order chi connectivity index (χ1) is 9.43. The standard InChI is InChI=1S/C15H22N4O/c1-6-7-9(2)16-15(20)13-8-12-11(4)18-19(5)14(12)17-10(13)3/h8-9H,6-7H2,1-5H3,(H,16,20). The normalized spacial score (nSPS) is 12.7. The number of nitrogens with one attached hydrogen (secondary N) is 1. The Morgan fingerprint density at radius 1 is 1.40 bits per heavy atom. The second kappa shape index (κ2) is 5.61. The third-order valence-corrected chi connectivity index (χ3v) is 3.53. The fourth-order valence-corrected chi connectivity index (χ4v) is 2.47. The summed E-state index contributed by atoms with van der Waals surface area (Å²) in [7, 11) is 1.87. The van der Waals surface area contributed by atoms with E-state index in [1.807, 2.05) is 33.9 Å². The number of fused-ring (bicyclic) bond motifs is 1. The summed E-state index contributed by atoms with van der Waals surface area (Å²) < 4.78 is 1.75. The van der Waals surface area contributed by atoms with Crippen LogP contribution in [0.15, 0.2) is 6.07 Å². The Morgan fingerprint density at radius 3 is 2.75 bits per heavy atom. The van der Waals surface area contributed by atoms with Crippen molar-refractivity contribution in [3.05, 3.63) is 23.0 Å². The molecule has 1 unspecified atom stereocenters. The first-order valence-corrected chi connectivity index (χ1v) is 7.05. The van der Waals surface area contributed by atoms with Crippen LogP contribution >= 0.6 is 0 Å². The van der Waals surface area contributed by atoms with Crippen LogP contribution in [0.25, 0.3) is 11.0 Å². The van der Waals surface area contributed by atoms with Gasteiger partial charge in [-0.1, -0.05) is 13.3 Å². The zero-order valence-electron chi connectivity index (χ0n) is 12.8. The molecule has 0 fully saturated rings. The zero-order chi connectivity index (χ0) is 14.9. The third kappa shape index (κ3) is 2.66. The average Bonchev–Trinajstić information content (AvgIpc) is 2.63. The van der Waals surface area contributed by atoms with Gasteiger partial charge in [-0.25, -0.2) is 4.98 Å². The predicted molar refractivity (Wildman–Crippen MR) is 79.8 cm³/mol. The van der Waals surface area contributed by atoms with Gasteiger partial charge in [0.25, 0.3) is 5.91 Å². The molecule has 1 atom stereocenters. The van der Waals surface area contributed by atoms with Crippen molar-refractivity contribution < 1.29 is 4.79 Å². The summed E-state index contributed by atoms with van der Waals surface area (Å²) in [6, 6.07) is 2.08. The number of aryl methyl sites for hydroxylation is 3. The van der Waals surface area contributed by atoms with Gasteiger partial charge in [0.1, 0.15) is 0 Å². The molecule has 0 aliphatic rings. The van der Waals surface area contributed by atoms with Gasteiger partial charge in [-0.15, -0.1) is 0 Å². The molecular weight excluding hydrogens is 252 g/mol. The molecule has 0 bridgehead atoms. The van der Waals surface area contributed by atoms with Gasteiger partial charge in [0.2, 0.25) is 0 Å². The lowest BCUT2D eigenvalue weighted by molar-refractivity contribution is 0.0937. The molecule has 5 heteroatoms. The van der Waals surface area contributed by atoms with Gasteiger partial charge in [-0.3, -0.25) is 9.48 Å². The van der Waals surface area contributed by atoms with Gasteiger partial charge >= 0.3 is 0 Å². The molecule has 0 saturated carbocycles. The van der Waals surface area contributed by atoms with Crippen molar-refractivity contribution in [2.75, 3.05) is 0 Å². The molecule has 2 aromatic rings. The summed E-state index contributed by atoms with van der Waals surface area (Å²) in [5, 5.41) is 8.30. The fourth-order valence-electron chi connectivity index (χ4n) is 2.47. The van der Waals surface area contributed by atoms with Crippen LogP contribution in [0.3, 0.4) is 0 Å². The van der Waals surface area contributed by atoms with E-state index in [9.17, 15) is 4.79 Å². The van der Waals surface area contributed by atoms with Gasteiger partial charge in [-0.05, 0) is 33.3 Å². The van der Waals surface area contributed by atoms with Gasteiger partial charge in [0.15, 0.2) is 5.65 Å². The highest BCUT2D eigenvalue weighted by Gasteiger charge is 2.16. The van der Waals surface area contributed by atoms with E-state index in [0.717, 1.165) is 35.3 Å². The van der Waals surface area contributed by atoms with Crippen LogP contribution in [0.5, 0.6) is 0 Å². The molecule has 1 N–H and O–H groups in total. The zero-order valence-corrected chi connectivity index (χ0v) is 12.8. The Bertz CT molecular complexity index is 645. The molecule has 20 heavy (non-hydrogen) atoms. The van der Waals surface area contributed by atoms with Gasteiger partial charge < -0.3 is 5.32 Å².